The Kier molecular flexibility index (Phi) is 8.94. The van der Waals surface area contributed by atoms with Crippen LogP contribution in [0.5, 0.6) is 11.5 Å². The number of hydrogen-bond acceptors (Lipinski definition) is 5. The van der Waals surface area contributed by atoms with Gasteiger partial charge in [0.1, 0.15) is 17.3 Å². The number of amides is 1. The second kappa shape index (κ2) is 11.7. The highest BCUT2D eigenvalue weighted by Gasteiger charge is 2.28. The van der Waals surface area contributed by atoms with Gasteiger partial charge in [-0.15, -0.1) is 0 Å². The first-order valence-electron chi connectivity index (χ1n) is 12.0. The summed E-state index contributed by atoms with van der Waals surface area (Å²) in [7, 11) is 3.12. The van der Waals surface area contributed by atoms with E-state index in [1.807, 2.05) is 43.9 Å². The molecule has 3 aromatic rings. The Bertz CT molecular complexity index is 1260. The standard InChI is InChI=1S/C27H34BrN3O4/c1-7-8-13-30(24(32)14-17(2)3)18(4)26-29-21-12-10-9-11-20(21)27(33)31(26)22-15-19(34-5)16-23(35-6)25(22)28/h9-12,15-18H,7-8,13-14H2,1-6H3. The van der Waals surface area contributed by atoms with Gasteiger partial charge in [0, 0.05) is 25.1 Å². The number of methoxy groups -OCH3 is 2. The molecule has 0 aliphatic carbocycles. The van der Waals surface area contributed by atoms with Gasteiger partial charge in [-0.1, -0.05) is 39.3 Å². The van der Waals surface area contributed by atoms with Crippen LogP contribution in [0, 0.1) is 5.92 Å². The minimum Gasteiger partial charge on any atom is -0.497 e. The molecule has 188 valence electrons. The van der Waals surface area contributed by atoms with E-state index < -0.39 is 6.04 Å². The Balaban J connectivity index is 2.33. The summed E-state index contributed by atoms with van der Waals surface area (Å²) in [6, 6.07) is 10.3. The summed E-state index contributed by atoms with van der Waals surface area (Å²) in [5.41, 5.74) is 0.909. The molecule has 0 aliphatic heterocycles. The number of carbonyl (C=O) groups excluding carboxylic acids is 1. The number of fused-ring (bicyclic) bond motifs is 1. The van der Waals surface area contributed by atoms with Crippen LogP contribution in [0.4, 0.5) is 0 Å². The smallest absolute Gasteiger partial charge is 0.266 e. The van der Waals surface area contributed by atoms with Gasteiger partial charge < -0.3 is 14.4 Å². The van der Waals surface area contributed by atoms with Crippen LogP contribution < -0.4 is 15.0 Å². The van der Waals surface area contributed by atoms with Gasteiger partial charge in [-0.25, -0.2) is 4.98 Å². The molecule has 0 saturated heterocycles. The molecule has 0 aliphatic rings. The number of hydrogen-bond donors (Lipinski definition) is 0. The Hall–Kier alpha value is -2.87. The van der Waals surface area contributed by atoms with E-state index in [0.717, 1.165) is 12.8 Å². The maximum Gasteiger partial charge on any atom is 0.266 e. The third kappa shape index (κ3) is 5.69. The number of carbonyl (C=O) groups is 1. The van der Waals surface area contributed by atoms with Gasteiger partial charge in [0.2, 0.25) is 5.91 Å². The Labute approximate surface area is 215 Å². The highest BCUT2D eigenvalue weighted by atomic mass is 79.9. The van der Waals surface area contributed by atoms with Gasteiger partial charge in [0.25, 0.3) is 5.56 Å². The zero-order chi connectivity index (χ0) is 25.7. The predicted molar refractivity (Wildman–Crippen MR) is 143 cm³/mol. The van der Waals surface area contributed by atoms with Gasteiger partial charge >= 0.3 is 0 Å². The van der Waals surface area contributed by atoms with Crippen LogP contribution in [0.15, 0.2) is 45.7 Å². The first-order valence-corrected chi connectivity index (χ1v) is 12.8. The van der Waals surface area contributed by atoms with E-state index in [4.69, 9.17) is 14.5 Å². The summed E-state index contributed by atoms with van der Waals surface area (Å²) in [4.78, 5) is 34.0. The van der Waals surface area contributed by atoms with Crippen LogP contribution in [0.25, 0.3) is 16.6 Å². The fraction of sp³-hybridized carbons (Fsp3) is 0.444. The molecule has 0 bridgehead atoms. The SMILES string of the molecule is CCCCN(C(=O)CC(C)C)C(C)c1nc2ccccc2c(=O)n1-c1cc(OC)cc(OC)c1Br. The quantitative estimate of drug-likeness (QED) is 0.318. The highest BCUT2D eigenvalue weighted by Crippen LogP contribution is 2.37. The minimum absolute atomic E-state index is 0.0530. The maximum atomic E-state index is 13.9. The lowest BCUT2D eigenvalue weighted by Crippen LogP contribution is -2.38. The van der Waals surface area contributed by atoms with Crippen LogP contribution in [0.1, 0.15) is 58.8 Å². The minimum atomic E-state index is -0.436. The maximum absolute atomic E-state index is 13.9. The third-order valence-corrected chi connectivity index (χ3v) is 6.79. The predicted octanol–water partition coefficient (Wildman–Crippen LogP) is 5.90. The Morgan fingerprint density at radius 2 is 1.86 bits per heavy atom. The van der Waals surface area contributed by atoms with Gasteiger partial charge in [-0.05, 0) is 47.3 Å². The number of ether oxygens (including phenoxy) is 2. The van der Waals surface area contributed by atoms with Crippen molar-refractivity contribution in [1.29, 1.82) is 0 Å². The summed E-state index contributed by atoms with van der Waals surface area (Å²) in [5.74, 6) is 1.83. The molecule has 0 saturated carbocycles. The summed E-state index contributed by atoms with van der Waals surface area (Å²) in [6.45, 7) is 8.69. The van der Waals surface area contributed by atoms with Gasteiger partial charge in [-0.2, -0.15) is 0 Å². The molecular weight excluding hydrogens is 510 g/mol. The summed E-state index contributed by atoms with van der Waals surface area (Å²) in [5, 5.41) is 0.491. The lowest BCUT2D eigenvalue weighted by atomic mass is 10.1. The van der Waals surface area contributed by atoms with Crippen molar-refractivity contribution in [3.8, 4) is 17.2 Å². The van der Waals surface area contributed by atoms with E-state index in [1.54, 1.807) is 37.0 Å². The second-order valence-electron chi connectivity index (χ2n) is 9.01. The Morgan fingerprint density at radius 3 is 2.49 bits per heavy atom. The molecule has 3 rings (SSSR count). The molecule has 0 radical (unpaired) electrons. The van der Waals surface area contributed by atoms with Crippen molar-refractivity contribution in [1.82, 2.24) is 14.5 Å². The van der Waals surface area contributed by atoms with Crippen molar-refractivity contribution >= 4 is 32.7 Å². The third-order valence-electron chi connectivity index (χ3n) is 5.99. The van der Waals surface area contributed by atoms with Crippen molar-refractivity contribution in [3.63, 3.8) is 0 Å². The normalized spacial score (nSPS) is 12.1. The first-order chi connectivity index (χ1) is 16.7. The molecule has 8 heteroatoms. The number of rotatable bonds is 10. The van der Waals surface area contributed by atoms with Crippen molar-refractivity contribution in [3.05, 3.63) is 57.0 Å². The monoisotopic (exact) mass is 543 g/mol. The fourth-order valence-electron chi connectivity index (χ4n) is 4.12. The number of benzene rings is 2. The van der Waals surface area contributed by atoms with Crippen LogP contribution in [-0.2, 0) is 4.79 Å². The van der Waals surface area contributed by atoms with E-state index in [0.29, 0.717) is 51.4 Å². The highest BCUT2D eigenvalue weighted by molar-refractivity contribution is 9.10. The fourth-order valence-corrected chi connectivity index (χ4v) is 4.69. The molecule has 1 aromatic heterocycles. The van der Waals surface area contributed by atoms with Gasteiger partial charge in [0.15, 0.2) is 0 Å². The average Bonchev–Trinajstić information content (AvgIpc) is 2.84. The molecule has 1 heterocycles. The summed E-state index contributed by atoms with van der Waals surface area (Å²) < 4.78 is 13.2. The lowest BCUT2D eigenvalue weighted by Gasteiger charge is -2.31. The molecular formula is C27H34BrN3O4. The zero-order valence-corrected chi connectivity index (χ0v) is 22.9. The molecule has 1 atom stereocenters. The molecule has 35 heavy (non-hydrogen) atoms. The molecule has 1 amide bonds. The van der Waals surface area contributed by atoms with E-state index in [1.165, 1.54) is 0 Å². The van der Waals surface area contributed by atoms with Crippen molar-refractivity contribution in [2.45, 2.75) is 53.0 Å². The molecule has 1 unspecified atom stereocenters. The van der Waals surface area contributed by atoms with Crippen molar-refractivity contribution in [2.75, 3.05) is 20.8 Å². The number of halogens is 1. The first kappa shape index (κ1) is 26.7. The average molecular weight is 544 g/mol. The number of para-hydroxylation sites is 1. The molecule has 0 N–H and O–H groups in total. The van der Waals surface area contributed by atoms with Gasteiger partial charge in [0.05, 0.1) is 41.3 Å². The molecule has 2 aromatic carbocycles. The molecule has 7 nitrogen and oxygen atoms in total. The van der Waals surface area contributed by atoms with Crippen LogP contribution in [0.2, 0.25) is 0 Å². The van der Waals surface area contributed by atoms with E-state index >= 15 is 0 Å². The number of aromatic nitrogens is 2. The number of unbranched alkanes of at least 4 members (excludes halogenated alkanes) is 1. The van der Waals surface area contributed by atoms with Crippen LogP contribution >= 0.6 is 15.9 Å². The van der Waals surface area contributed by atoms with E-state index in [-0.39, 0.29) is 17.4 Å². The second-order valence-corrected chi connectivity index (χ2v) is 9.80. The largest absolute Gasteiger partial charge is 0.497 e. The van der Waals surface area contributed by atoms with Gasteiger partial charge in [-0.3, -0.25) is 14.2 Å². The van der Waals surface area contributed by atoms with E-state index in [2.05, 4.69) is 22.9 Å². The summed E-state index contributed by atoms with van der Waals surface area (Å²) >= 11 is 3.62. The van der Waals surface area contributed by atoms with E-state index in [9.17, 15) is 9.59 Å². The van der Waals surface area contributed by atoms with Crippen LogP contribution in [0.3, 0.4) is 0 Å². The Morgan fingerprint density at radius 1 is 1.14 bits per heavy atom. The topological polar surface area (TPSA) is 73.7 Å². The van der Waals surface area contributed by atoms with Crippen LogP contribution in [-0.4, -0.2) is 41.1 Å². The summed E-state index contributed by atoms with van der Waals surface area (Å²) in [6.07, 6.45) is 2.25. The number of nitrogens with zero attached hydrogens (tertiary/aromatic N) is 3. The molecule has 0 spiro atoms. The van der Waals surface area contributed by atoms with Crippen molar-refractivity contribution in [2.24, 2.45) is 5.92 Å². The molecule has 0 fully saturated rings. The van der Waals surface area contributed by atoms with Crippen molar-refractivity contribution < 1.29 is 14.3 Å². The lowest BCUT2D eigenvalue weighted by molar-refractivity contribution is -0.134. The zero-order valence-electron chi connectivity index (χ0n) is 21.3.